The van der Waals surface area contributed by atoms with Gasteiger partial charge in [0, 0.05) is 13.0 Å². The first-order chi connectivity index (χ1) is 25.8. The second kappa shape index (κ2) is 40.6. The molecule has 53 heavy (non-hydrogen) atoms. The fraction of sp³-hybridized carbons (Fsp3) is 0.884. The molecule has 314 valence electrons. The van der Waals surface area contributed by atoms with Crippen molar-refractivity contribution in [3.8, 4) is 0 Å². The molecular weight excluding hydrogens is 691 g/mol. The molecule has 3 atom stereocenters. The van der Waals surface area contributed by atoms with Crippen molar-refractivity contribution in [3.63, 3.8) is 0 Å². The molecule has 0 aromatic heterocycles. The van der Waals surface area contributed by atoms with E-state index in [1.165, 1.54) is 122 Å². The molecule has 0 amide bonds. The smallest absolute Gasteiger partial charge is 0.457 e. The van der Waals surface area contributed by atoms with Gasteiger partial charge in [0.05, 0.1) is 26.4 Å². The molecule has 0 aliphatic carbocycles. The van der Waals surface area contributed by atoms with Crippen molar-refractivity contribution in [2.75, 3.05) is 33.0 Å². The first-order valence-corrected chi connectivity index (χ1v) is 23.3. The maximum Gasteiger partial charge on any atom is 0.472 e. The number of ether oxygens (including phenoxy) is 2. The molecule has 0 fully saturated rings. The van der Waals surface area contributed by atoms with Crippen LogP contribution in [0.25, 0.3) is 0 Å². The Hall–Kier alpha value is -1.06. The van der Waals surface area contributed by atoms with Gasteiger partial charge in [0.25, 0.3) is 0 Å². The number of phosphoric acid groups is 1. The number of aliphatic hydroxyl groups excluding tert-OH is 2. The number of hydrogen-bond acceptors (Lipinski definition) is 8. The van der Waals surface area contributed by atoms with Gasteiger partial charge in [-0.05, 0) is 64.2 Å². The number of aliphatic hydroxyl groups is 2. The van der Waals surface area contributed by atoms with Crippen molar-refractivity contribution < 1.29 is 43.0 Å². The molecule has 0 aliphatic rings. The maximum atomic E-state index is 12.6. The van der Waals surface area contributed by atoms with E-state index in [9.17, 15) is 19.4 Å². The summed E-state index contributed by atoms with van der Waals surface area (Å²) < 4.78 is 33.3. The lowest BCUT2D eigenvalue weighted by atomic mass is 10.1. The summed E-state index contributed by atoms with van der Waals surface area (Å²) in [5.41, 5.74) is 0. The maximum absolute atomic E-state index is 12.6. The second-order valence-corrected chi connectivity index (χ2v) is 16.2. The third kappa shape index (κ3) is 40.4. The van der Waals surface area contributed by atoms with Gasteiger partial charge in [-0.25, -0.2) is 4.57 Å². The Balaban J connectivity index is 4.16. The monoisotopic (exact) mass is 775 g/mol. The standard InChI is InChI=1S/C43H83O9P/c1-3-5-7-9-11-13-15-17-19-20-21-22-24-26-28-30-32-34-36-49-39-42(40-51-53(47,48)50-38-41(45)37-44)52-43(46)35-33-31-29-27-25-23-18-16-14-12-10-8-6-4-2/h16-19,41-42,44-45H,3-15,20-40H2,1-2H3,(H,47,48)/b18-16-,19-17-. The number of hydrogen-bond donors (Lipinski definition) is 3. The molecule has 3 N–H and O–H groups in total. The molecule has 3 unspecified atom stereocenters. The van der Waals surface area contributed by atoms with E-state index >= 15 is 0 Å². The van der Waals surface area contributed by atoms with E-state index < -0.39 is 39.2 Å². The molecule has 0 rings (SSSR count). The third-order valence-electron chi connectivity index (χ3n) is 9.36. The minimum atomic E-state index is -4.52. The number of esters is 1. The molecule has 10 heteroatoms. The lowest BCUT2D eigenvalue weighted by Gasteiger charge is -2.20. The largest absolute Gasteiger partial charge is 0.472 e. The van der Waals surface area contributed by atoms with Crippen LogP contribution in [-0.4, -0.2) is 66.3 Å². The van der Waals surface area contributed by atoms with Crippen LogP contribution >= 0.6 is 7.82 Å². The number of carbonyl (C=O) groups is 1. The van der Waals surface area contributed by atoms with Crippen LogP contribution in [0.5, 0.6) is 0 Å². The predicted molar refractivity (Wildman–Crippen MR) is 219 cm³/mol. The molecule has 0 heterocycles. The van der Waals surface area contributed by atoms with Crippen LogP contribution in [0.3, 0.4) is 0 Å². The molecule has 0 radical (unpaired) electrons. The quantitative estimate of drug-likeness (QED) is 0.0240. The van der Waals surface area contributed by atoms with Crippen LogP contribution in [0.4, 0.5) is 0 Å². The van der Waals surface area contributed by atoms with E-state index in [2.05, 4.69) is 38.2 Å². The van der Waals surface area contributed by atoms with Gasteiger partial charge in [-0.3, -0.25) is 13.8 Å². The fourth-order valence-electron chi connectivity index (χ4n) is 5.99. The van der Waals surface area contributed by atoms with Crippen LogP contribution in [-0.2, 0) is 27.9 Å². The molecule has 0 aliphatic heterocycles. The summed E-state index contributed by atoms with van der Waals surface area (Å²) in [6.07, 6.45) is 41.3. The number of allylic oxidation sites excluding steroid dienone is 4. The summed E-state index contributed by atoms with van der Waals surface area (Å²) in [7, 11) is -4.52. The summed E-state index contributed by atoms with van der Waals surface area (Å²) in [6.45, 7) is 3.51. The van der Waals surface area contributed by atoms with Crippen LogP contribution in [0.15, 0.2) is 24.3 Å². The molecular formula is C43H83O9P. The molecule has 0 saturated heterocycles. The summed E-state index contributed by atoms with van der Waals surface area (Å²) >= 11 is 0. The zero-order valence-corrected chi connectivity index (χ0v) is 35.1. The van der Waals surface area contributed by atoms with Crippen LogP contribution < -0.4 is 0 Å². The molecule has 0 aromatic rings. The normalized spacial score (nSPS) is 14.3. The highest BCUT2D eigenvalue weighted by Gasteiger charge is 2.26. The molecule has 0 aromatic carbocycles. The van der Waals surface area contributed by atoms with Gasteiger partial charge in [-0.1, -0.05) is 154 Å². The van der Waals surface area contributed by atoms with Crippen molar-refractivity contribution in [2.24, 2.45) is 0 Å². The number of rotatable bonds is 42. The van der Waals surface area contributed by atoms with Crippen molar-refractivity contribution in [2.45, 2.75) is 212 Å². The highest BCUT2D eigenvalue weighted by Crippen LogP contribution is 2.43. The lowest BCUT2D eigenvalue weighted by Crippen LogP contribution is -2.29. The van der Waals surface area contributed by atoms with E-state index in [0.717, 1.165) is 57.8 Å². The number of carbonyl (C=O) groups excluding carboxylic acids is 1. The van der Waals surface area contributed by atoms with Gasteiger partial charge < -0.3 is 24.6 Å². The predicted octanol–water partition coefficient (Wildman–Crippen LogP) is 11.9. The van der Waals surface area contributed by atoms with Gasteiger partial charge in [0.2, 0.25) is 0 Å². The Labute approximate surface area is 325 Å². The first-order valence-electron chi connectivity index (χ1n) is 21.8. The Morgan fingerprint density at radius 3 is 1.42 bits per heavy atom. The average molecular weight is 775 g/mol. The molecule has 0 saturated carbocycles. The van der Waals surface area contributed by atoms with Gasteiger partial charge in [0.15, 0.2) is 0 Å². The second-order valence-electron chi connectivity index (χ2n) is 14.7. The van der Waals surface area contributed by atoms with Crippen LogP contribution in [0.1, 0.15) is 200 Å². The van der Waals surface area contributed by atoms with E-state index in [4.69, 9.17) is 23.6 Å². The van der Waals surface area contributed by atoms with Crippen molar-refractivity contribution in [3.05, 3.63) is 24.3 Å². The minimum absolute atomic E-state index is 0.0463. The number of phosphoric ester groups is 1. The zero-order chi connectivity index (χ0) is 38.9. The molecule has 0 bridgehead atoms. The van der Waals surface area contributed by atoms with Crippen molar-refractivity contribution in [1.82, 2.24) is 0 Å². The van der Waals surface area contributed by atoms with Crippen molar-refractivity contribution >= 4 is 13.8 Å². The lowest BCUT2D eigenvalue weighted by molar-refractivity contribution is -0.154. The van der Waals surface area contributed by atoms with Crippen LogP contribution in [0.2, 0.25) is 0 Å². The molecule has 0 spiro atoms. The van der Waals surface area contributed by atoms with E-state index in [-0.39, 0.29) is 19.6 Å². The van der Waals surface area contributed by atoms with E-state index in [1.807, 2.05) is 0 Å². The van der Waals surface area contributed by atoms with Gasteiger partial charge in [-0.2, -0.15) is 0 Å². The Morgan fingerprint density at radius 2 is 0.962 bits per heavy atom. The Kier molecular flexibility index (Phi) is 39.8. The average Bonchev–Trinajstić information content (AvgIpc) is 3.15. The number of unbranched alkanes of at least 4 members (excludes halogenated alkanes) is 24. The summed E-state index contributed by atoms with van der Waals surface area (Å²) in [5, 5.41) is 18.3. The third-order valence-corrected chi connectivity index (χ3v) is 10.3. The fourth-order valence-corrected chi connectivity index (χ4v) is 6.78. The SMILES string of the molecule is CCCCCCC/C=C\CCCCCCCC(=O)OC(COCCCCCCCCCC/C=C\CCCCCCCC)COP(=O)(O)OCC(O)CO. The summed E-state index contributed by atoms with van der Waals surface area (Å²) in [6, 6.07) is 0. The summed E-state index contributed by atoms with van der Waals surface area (Å²) in [4.78, 5) is 22.5. The van der Waals surface area contributed by atoms with Crippen LogP contribution in [0, 0.1) is 0 Å². The Morgan fingerprint density at radius 1 is 0.566 bits per heavy atom. The minimum Gasteiger partial charge on any atom is -0.457 e. The summed E-state index contributed by atoms with van der Waals surface area (Å²) in [5.74, 6) is -0.391. The highest BCUT2D eigenvalue weighted by atomic mass is 31.2. The van der Waals surface area contributed by atoms with Crippen molar-refractivity contribution in [1.29, 1.82) is 0 Å². The van der Waals surface area contributed by atoms with Gasteiger partial charge >= 0.3 is 13.8 Å². The van der Waals surface area contributed by atoms with E-state index in [1.54, 1.807) is 0 Å². The van der Waals surface area contributed by atoms with Gasteiger partial charge in [0.1, 0.15) is 12.2 Å². The van der Waals surface area contributed by atoms with Gasteiger partial charge in [-0.15, -0.1) is 0 Å². The molecule has 9 nitrogen and oxygen atoms in total. The highest BCUT2D eigenvalue weighted by molar-refractivity contribution is 7.47. The zero-order valence-electron chi connectivity index (χ0n) is 34.2. The Bertz CT molecular complexity index is 882. The first kappa shape index (κ1) is 51.9. The van der Waals surface area contributed by atoms with E-state index in [0.29, 0.717) is 6.61 Å². The topological polar surface area (TPSA) is 132 Å².